The minimum atomic E-state index is -0.152. The van der Waals surface area contributed by atoms with Crippen molar-refractivity contribution in [3.05, 3.63) is 28.8 Å². The predicted octanol–water partition coefficient (Wildman–Crippen LogP) is 2.70. The van der Waals surface area contributed by atoms with Crippen LogP contribution in [-0.4, -0.2) is 35.1 Å². The average molecular weight is 311 g/mol. The van der Waals surface area contributed by atoms with Crippen LogP contribution in [0.25, 0.3) is 0 Å². The van der Waals surface area contributed by atoms with Gasteiger partial charge in [0.05, 0.1) is 10.7 Å². The molecule has 1 aromatic rings. The highest BCUT2D eigenvalue weighted by Crippen LogP contribution is 2.24. The number of carbonyl (C=O) groups excluding carboxylic acids is 1. The zero-order chi connectivity index (χ0) is 15.4. The monoisotopic (exact) mass is 310 g/mol. The molecule has 0 radical (unpaired) electrons. The number of halogens is 1. The van der Waals surface area contributed by atoms with Gasteiger partial charge in [-0.1, -0.05) is 23.7 Å². The van der Waals surface area contributed by atoms with Crippen molar-refractivity contribution >= 4 is 29.2 Å². The predicted molar refractivity (Wildman–Crippen MR) is 83.0 cm³/mol. The third-order valence-corrected chi connectivity index (χ3v) is 4.00. The van der Waals surface area contributed by atoms with Crippen LogP contribution >= 0.6 is 11.6 Å². The number of piperidine rings is 1. The van der Waals surface area contributed by atoms with Crippen molar-refractivity contribution in [1.82, 2.24) is 4.90 Å². The van der Waals surface area contributed by atoms with Crippen LogP contribution in [0.4, 0.5) is 10.5 Å². The van der Waals surface area contributed by atoms with Crippen LogP contribution in [0.15, 0.2) is 23.4 Å². The summed E-state index contributed by atoms with van der Waals surface area (Å²) in [6, 6.07) is 4.67. The second kappa shape index (κ2) is 6.67. The molecule has 21 heavy (non-hydrogen) atoms. The van der Waals surface area contributed by atoms with E-state index in [0.29, 0.717) is 22.2 Å². The van der Waals surface area contributed by atoms with E-state index in [2.05, 4.69) is 17.4 Å². The number of amidine groups is 1. The number of rotatable bonds is 2. The highest BCUT2D eigenvalue weighted by Gasteiger charge is 2.20. The minimum absolute atomic E-state index is 0.0280. The first-order valence-electron chi connectivity index (χ1n) is 6.84. The van der Waals surface area contributed by atoms with Gasteiger partial charge in [0.15, 0.2) is 5.84 Å². The Kier molecular flexibility index (Phi) is 4.90. The summed E-state index contributed by atoms with van der Waals surface area (Å²) in [6.45, 7) is 3.71. The number of likely N-dealkylation sites (tertiary alicyclic amines) is 1. The lowest BCUT2D eigenvalue weighted by Gasteiger charge is -2.30. The average Bonchev–Trinajstić information content (AvgIpc) is 2.49. The maximum atomic E-state index is 12.2. The number of benzene rings is 1. The number of nitrogens with one attached hydrogen (secondary N) is 1. The van der Waals surface area contributed by atoms with Gasteiger partial charge in [-0.2, -0.15) is 0 Å². The van der Waals surface area contributed by atoms with Gasteiger partial charge < -0.3 is 21.2 Å². The van der Waals surface area contributed by atoms with E-state index >= 15 is 0 Å². The molecule has 6 nitrogen and oxygen atoms in total. The summed E-state index contributed by atoms with van der Waals surface area (Å²) in [5, 5.41) is 14.7. The highest BCUT2D eigenvalue weighted by atomic mass is 35.5. The summed E-state index contributed by atoms with van der Waals surface area (Å²) >= 11 is 6.11. The van der Waals surface area contributed by atoms with Crippen LogP contribution in [0.2, 0.25) is 5.02 Å². The number of nitrogens with zero attached hydrogens (tertiary/aromatic N) is 2. The molecule has 1 aromatic carbocycles. The van der Waals surface area contributed by atoms with E-state index in [1.807, 2.05) is 0 Å². The van der Waals surface area contributed by atoms with E-state index in [-0.39, 0.29) is 11.9 Å². The maximum Gasteiger partial charge on any atom is 0.321 e. The van der Waals surface area contributed by atoms with Crippen LogP contribution in [0.1, 0.15) is 25.3 Å². The molecule has 114 valence electrons. The number of amides is 2. The second-order valence-electron chi connectivity index (χ2n) is 5.28. The second-order valence-corrected chi connectivity index (χ2v) is 5.69. The summed E-state index contributed by atoms with van der Waals surface area (Å²) in [7, 11) is 0. The zero-order valence-corrected chi connectivity index (χ0v) is 12.6. The van der Waals surface area contributed by atoms with Crippen molar-refractivity contribution in [2.45, 2.75) is 19.8 Å². The van der Waals surface area contributed by atoms with E-state index in [4.69, 9.17) is 22.5 Å². The Labute approximate surface area is 128 Å². The largest absolute Gasteiger partial charge is 0.409 e. The molecule has 0 bridgehead atoms. The summed E-state index contributed by atoms with van der Waals surface area (Å²) < 4.78 is 0. The minimum Gasteiger partial charge on any atom is -0.409 e. The molecule has 1 heterocycles. The summed E-state index contributed by atoms with van der Waals surface area (Å²) in [5.41, 5.74) is 6.49. The van der Waals surface area contributed by atoms with Crippen molar-refractivity contribution < 1.29 is 10.0 Å². The Bertz CT molecular complexity index is 554. The molecular formula is C14H19ClN4O2. The van der Waals surface area contributed by atoms with E-state index in [1.165, 1.54) is 0 Å². The number of carbonyl (C=O) groups is 1. The van der Waals surface area contributed by atoms with Crippen LogP contribution in [0, 0.1) is 5.92 Å². The van der Waals surface area contributed by atoms with E-state index in [0.717, 1.165) is 25.9 Å². The lowest BCUT2D eigenvalue weighted by Crippen LogP contribution is -2.40. The van der Waals surface area contributed by atoms with Crippen molar-refractivity contribution in [2.75, 3.05) is 18.4 Å². The first kappa shape index (κ1) is 15.4. The topological polar surface area (TPSA) is 91.0 Å². The number of hydrogen-bond acceptors (Lipinski definition) is 3. The van der Waals surface area contributed by atoms with Crippen molar-refractivity contribution in [3.8, 4) is 0 Å². The van der Waals surface area contributed by atoms with E-state index in [1.54, 1.807) is 23.1 Å². The van der Waals surface area contributed by atoms with Crippen LogP contribution in [0.3, 0.4) is 0 Å². The first-order valence-corrected chi connectivity index (χ1v) is 7.22. The first-order chi connectivity index (χ1) is 10.0. The van der Waals surface area contributed by atoms with Gasteiger partial charge in [-0.15, -0.1) is 0 Å². The number of oxime groups is 1. The molecule has 0 aliphatic carbocycles. The lowest BCUT2D eigenvalue weighted by molar-refractivity contribution is 0.186. The van der Waals surface area contributed by atoms with Crippen molar-refractivity contribution in [2.24, 2.45) is 16.8 Å². The van der Waals surface area contributed by atoms with E-state index < -0.39 is 0 Å². The fraction of sp³-hybridized carbons (Fsp3) is 0.429. The molecule has 1 saturated heterocycles. The third kappa shape index (κ3) is 3.78. The summed E-state index contributed by atoms with van der Waals surface area (Å²) in [5.74, 6) is 0.637. The third-order valence-electron chi connectivity index (χ3n) is 3.69. The molecule has 4 N–H and O–H groups in total. The van der Waals surface area contributed by atoms with Gasteiger partial charge in [-0.3, -0.25) is 0 Å². The summed E-state index contributed by atoms with van der Waals surface area (Å²) in [4.78, 5) is 14.0. The standard InChI is InChI=1S/C14H19ClN4O2/c1-9-4-6-19(7-5-9)14(20)17-12-3-2-10(8-11(12)15)13(16)18-21/h2-3,8-9,21H,4-7H2,1H3,(H2,16,18)(H,17,20). The van der Waals surface area contributed by atoms with Gasteiger partial charge in [0.25, 0.3) is 0 Å². The van der Waals surface area contributed by atoms with Gasteiger partial charge in [0.2, 0.25) is 0 Å². The van der Waals surface area contributed by atoms with Crippen molar-refractivity contribution in [3.63, 3.8) is 0 Å². The molecule has 0 aromatic heterocycles. The molecule has 1 aliphatic heterocycles. The van der Waals surface area contributed by atoms with Gasteiger partial charge in [0, 0.05) is 18.7 Å². The summed E-state index contributed by atoms with van der Waals surface area (Å²) in [6.07, 6.45) is 2.03. The molecule has 2 rings (SSSR count). The highest BCUT2D eigenvalue weighted by molar-refractivity contribution is 6.34. The zero-order valence-electron chi connectivity index (χ0n) is 11.8. The fourth-order valence-electron chi connectivity index (χ4n) is 2.24. The quantitative estimate of drug-likeness (QED) is 0.339. The number of anilines is 1. The maximum absolute atomic E-state index is 12.2. The number of urea groups is 1. The number of hydrogen-bond donors (Lipinski definition) is 3. The molecule has 7 heteroatoms. The smallest absolute Gasteiger partial charge is 0.321 e. The van der Waals surface area contributed by atoms with Crippen LogP contribution in [-0.2, 0) is 0 Å². The molecular weight excluding hydrogens is 292 g/mol. The molecule has 0 saturated carbocycles. The Morgan fingerprint density at radius 3 is 2.71 bits per heavy atom. The van der Waals surface area contributed by atoms with Gasteiger partial charge in [-0.05, 0) is 37.0 Å². The lowest BCUT2D eigenvalue weighted by atomic mass is 10.00. The molecule has 2 amide bonds. The Hall–Kier alpha value is -1.95. The SMILES string of the molecule is CC1CCN(C(=O)Nc2ccc(/C(N)=N/O)cc2Cl)CC1. The van der Waals surface area contributed by atoms with Crippen molar-refractivity contribution in [1.29, 1.82) is 0 Å². The molecule has 1 aliphatic rings. The van der Waals surface area contributed by atoms with Gasteiger partial charge in [0.1, 0.15) is 0 Å². The Morgan fingerprint density at radius 2 is 2.14 bits per heavy atom. The molecule has 1 fully saturated rings. The fourth-order valence-corrected chi connectivity index (χ4v) is 2.47. The molecule has 0 unspecified atom stereocenters. The Balaban J connectivity index is 2.04. The van der Waals surface area contributed by atoms with Crippen LogP contribution in [0.5, 0.6) is 0 Å². The van der Waals surface area contributed by atoms with Gasteiger partial charge >= 0.3 is 6.03 Å². The Morgan fingerprint density at radius 1 is 1.48 bits per heavy atom. The molecule has 0 atom stereocenters. The molecule has 0 spiro atoms. The van der Waals surface area contributed by atoms with E-state index in [9.17, 15) is 4.79 Å². The number of nitrogens with two attached hydrogens (primary N) is 1. The normalized spacial score (nSPS) is 16.9. The van der Waals surface area contributed by atoms with Gasteiger partial charge in [-0.25, -0.2) is 4.79 Å². The van der Waals surface area contributed by atoms with Crippen LogP contribution < -0.4 is 11.1 Å².